The summed E-state index contributed by atoms with van der Waals surface area (Å²) in [4.78, 5) is 26.1. The van der Waals surface area contributed by atoms with E-state index in [1.54, 1.807) is 28.4 Å². The summed E-state index contributed by atoms with van der Waals surface area (Å²) in [6, 6.07) is 0.541. The van der Waals surface area contributed by atoms with Crippen LogP contribution >= 0.6 is 0 Å². The summed E-state index contributed by atoms with van der Waals surface area (Å²) in [7, 11) is 6.95. The maximum Gasteiger partial charge on any atom is 0.407 e. The lowest BCUT2D eigenvalue weighted by molar-refractivity contribution is -0.526. The summed E-state index contributed by atoms with van der Waals surface area (Å²) in [5.41, 5.74) is 0. The van der Waals surface area contributed by atoms with E-state index in [2.05, 4.69) is 25.8 Å². The zero-order chi connectivity index (χ0) is 34.3. The van der Waals surface area contributed by atoms with Crippen molar-refractivity contribution >= 4 is 6.09 Å². The number of ether oxygens (including phenoxy) is 5. The van der Waals surface area contributed by atoms with Gasteiger partial charge < -0.3 is 29.0 Å². The topological polar surface area (TPSA) is 158 Å². The molecule has 6 unspecified atom stereocenters. The molecule has 0 radical (unpaired) electrons. The fraction of sp³-hybridized carbons (Fsp3) is 0.971. The largest absolute Gasteiger partial charge is 0.448 e. The molecule has 4 fully saturated rings. The maximum absolute atomic E-state index is 12.9. The lowest BCUT2D eigenvalue weighted by Crippen LogP contribution is -2.51. The van der Waals surface area contributed by atoms with E-state index in [0.717, 1.165) is 83.6 Å². The highest BCUT2D eigenvalue weighted by Gasteiger charge is 2.39. The molecule has 4 rings (SSSR count). The van der Waals surface area contributed by atoms with Crippen LogP contribution in [0.3, 0.4) is 0 Å². The number of methoxy groups -OCH3 is 4. The van der Waals surface area contributed by atoms with E-state index in [-0.39, 0.29) is 41.4 Å². The van der Waals surface area contributed by atoms with Crippen LogP contribution in [0.4, 0.5) is 4.79 Å². The quantitative estimate of drug-likeness (QED) is 0.0963. The van der Waals surface area contributed by atoms with Gasteiger partial charge >= 0.3 is 6.09 Å². The number of rotatable bonds is 17. The van der Waals surface area contributed by atoms with Gasteiger partial charge in [0.2, 0.25) is 6.04 Å². The van der Waals surface area contributed by atoms with Gasteiger partial charge in [-0.05, 0) is 88.9 Å². The number of nitrogens with one attached hydrogen (secondary N) is 2. The van der Waals surface area contributed by atoms with Gasteiger partial charge in [-0.2, -0.15) is 10.2 Å². The number of nitro groups is 1. The Morgan fingerprint density at radius 3 is 1.88 bits per heavy atom. The molecular formula is C34H62N6O8. The van der Waals surface area contributed by atoms with Crippen molar-refractivity contribution in [2.75, 3.05) is 61.5 Å². The smallest absolute Gasteiger partial charge is 0.407 e. The van der Waals surface area contributed by atoms with Crippen LogP contribution < -0.4 is 10.6 Å². The number of alkyl carbamates (subject to hydrolysis) is 1. The molecule has 4 saturated carbocycles. The van der Waals surface area contributed by atoms with Gasteiger partial charge in [0.05, 0.1) is 43.7 Å². The van der Waals surface area contributed by atoms with E-state index >= 15 is 0 Å². The Bertz CT molecular complexity index is 977. The summed E-state index contributed by atoms with van der Waals surface area (Å²) < 4.78 is 28.1. The minimum absolute atomic E-state index is 0.0387. The normalized spacial score (nSPS) is 34.7. The molecule has 0 spiro atoms. The highest BCUT2D eigenvalue weighted by Crippen LogP contribution is 2.40. The summed E-state index contributed by atoms with van der Waals surface area (Å²) in [5, 5.41) is 26.8. The molecule has 4 aliphatic rings. The van der Waals surface area contributed by atoms with Crippen LogP contribution in [0.1, 0.15) is 89.9 Å². The molecule has 6 atom stereocenters. The highest BCUT2D eigenvalue weighted by molar-refractivity contribution is 5.67. The molecule has 0 saturated heterocycles. The van der Waals surface area contributed by atoms with Gasteiger partial charge in [0, 0.05) is 71.4 Å². The van der Waals surface area contributed by atoms with E-state index in [4.69, 9.17) is 23.7 Å². The zero-order valence-corrected chi connectivity index (χ0v) is 29.8. The van der Waals surface area contributed by atoms with E-state index < -0.39 is 6.04 Å². The third kappa shape index (κ3) is 11.8. The summed E-state index contributed by atoms with van der Waals surface area (Å²) >= 11 is 0. The summed E-state index contributed by atoms with van der Waals surface area (Å²) in [6.45, 7) is 2.90. The van der Waals surface area contributed by atoms with Crippen LogP contribution in [0.5, 0.6) is 0 Å². The van der Waals surface area contributed by atoms with Crippen LogP contribution in [0.2, 0.25) is 0 Å². The third-order valence-corrected chi connectivity index (χ3v) is 11.5. The molecule has 14 nitrogen and oxygen atoms in total. The van der Waals surface area contributed by atoms with Crippen molar-refractivity contribution in [3.05, 3.63) is 10.1 Å². The Balaban J connectivity index is 1.16. The molecule has 2 N–H and O–H groups in total. The second-order valence-electron chi connectivity index (χ2n) is 14.3. The molecule has 1 amide bonds. The zero-order valence-electron chi connectivity index (χ0n) is 29.8. The Labute approximate surface area is 286 Å². The van der Waals surface area contributed by atoms with Crippen LogP contribution in [-0.2, 0) is 23.7 Å². The average Bonchev–Trinajstić information content (AvgIpc) is 3.11. The van der Waals surface area contributed by atoms with E-state index in [9.17, 15) is 14.9 Å². The van der Waals surface area contributed by atoms with E-state index in [1.165, 1.54) is 0 Å². The average molecular weight is 683 g/mol. The summed E-state index contributed by atoms with van der Waals surface area (Å²) in [5.74, 6) is 1.13. The number of amides is 1. The van der Waals surface area contributed by atoms with Gasteiger partial charge in [-0.3, -0.25) is 20.3 Å². The third-order valence-electron chi connectivity index (χ3n) is 11.5. The lowest BCUT2D eigenvalue weighted by atomic mass is 9.70. The Morgan fingerprint density at radius 1 is 0.750 bits per heavy atom. The Morgan fingerprint density at radius 2 is 1.31 bits per heavy atom. The molecule has 0 heterocycles. The SMILES string of the molecule is COCCN(CCOC(=O)NC1CCC(C2CCC(NCOC)C(OC)C2)CC1OC)C1CCC(N=NC2CCC([N+](=O)[O-])CC2)CC1. The molecule has 0 aromatic rings. The molecule has 0 aromatic heterocycles. The van der Waals surface area contributed by atoms with Crippen molar-refractivity contribution in [3.8, 4) is 0 Å². The van der Waals surface area contributed by atoms with Crippen molar-refractivity contribution in [2.45, 2.75) is 138 Å². The van der Waals surface area contributed by atoms with Crippen molar-refractivity contribution in [2.24, 2.45) is 22.1 Å². The molecule has 14 heteroatoms. The molecule has 48 heavy (non-hydrogen) atoms. The molecule has 0 bridgehead atoms. The van der Waals surface area contributed by atoms with Crippen LogP contribution in [-0.4, -0.2) is 126 Å². The number of carbonyl (C=O) groups is 1. The Hall–Kier alpha value is -1.97. The summed E-state index contributed by atoms with van der Waals surface area (Å²) in [6.07, 6.45) is 12.5. The Kier molecular flexibility index (Phi) is 16.7. The van der Waals surface area contributed by atoms with Gasteiger partial charge in [-0.15, -0.1) is 0 Å². The molecular weight excluding hydrogens is 620 g/mol. The molecule has 4 aliphatic carbocycles. The fourth-order valence-electron chi connectivity index (χ4n) is 8.53. The van der Waals surface area contributed by atoms with E-state index in [1.807, 2.05) is 0 Å². The first-order valence-corrected chi connectivity index (χ1v) is 18.3. The van der Waals surface area contributed by atoms with Gasteiger partial charge in [-0.25, -0.2) is 4.79 Å². The fourth-order valence-corrected chi connectivity index (χ4v) is 8.53. The van der Waals surface area contributed by atoms with Gasteiger partial charge in [0.25, 0.3) is 0 Å². The first-order chi connectivity index (χ1) is 23.3. The predicted molar refractivity (Wildman–Crippen MR) is 181 cm³/mol. The number of hydrogen-bond donors (Lipinski definition) is 2. The van der Waals surface area contributed by atoms with Crippen molar-refractivity contribution in [3.63, 3.8) is 0 Å². The van der Waals surface area contributed by atoms with Crippen molar-refractivity contribution in [1.29, 1.82) is 0 Å². The monoisotopic (exact) mass is 682 g/mol. The molecule has 276 valence electrons. The minimum Gasteiger partial charge on any atom is -0.448 e. The van der Waals surface area contributed by atoms with E-state index in [0.29, 0.717) is 63.3 Å². The van der Waals surface area contributed by atoms with Crippen LogP contribution in [0, 0.1) is 22.0 Å². The number of hydrogen-bond acceptors (Lipinski definition) is 12. The second-order valence-corrected chi connectivity index (χ2v) is 14.3. The van der Waals surface area contributed by atoms with Gasteiger partial charge in [0.1, 0.15) is 6.61 Å². The van der Waals surface area contributed by atoms with Gasteiger partial charge in [0.15, 0.2) is 0 Å². The number of nitrogens with zero attached hydrogens (tertiary/aromatic N) is 4. The minimum atomic E-state index is -0.419. The maximum atomic E-state index is 12.9. The highest BCUT2D eigenvalue weighted by atomic mass is 16.6. The van der Waals surface area contributed by atoms with Crippen LogP contribution in [0.15, 0.2) is 10.2 Å². The first-order valence-electron chi connectivity index (χ1n) is 18.3. The second kappa shape index (κ2) is 20.6. The number of carbonyl (C=O) groups excluding carboxylic acids is 1. The standard InChI is InChI=1S/C34H62N6O8/c1-44-19-17-39(28-11-7-26(8-12-28)37-38-27-9-13-29(14-10-27)40(42)43)18-20-48-34(41)36-31-16-6-25(22-33(31)47-4)24-5-15-30(35-23-45-2)32(21-24)46-3/h24-33,35H,5-23H2,1-4H3,(H,36,41). The van der Waals surface area contributed by atoms with Crippen molar-refractivity contribution < 1.29 is 33.4 Å². The molecule has 0 aromatic carbocycles. The predicted octanol–water partition coefficient (Wildman–Crippen LogP) is 4.57. The van der Waals surface area contributed by atoms with Crippen LogP contribution in [0.25, 0.3) is 0 Å². The number of azo groups is 1. The first kappa shape index (κ1) is 38.8. The van der Waals surface area contributed by atoms with Crippen molar-refractivity contribution in [1.82, 2.24) is 15.5 Å². The molecule has 0 aliphatic heterocycles. The lowest BCUT2D eigenvalue weighted by Gasteiger charge is -2.43. The van der Waals surface area contributed by atoms with Gasteiger partial charge in [-0.1, -0.05) is 0 Å².